The summed E-state index contributed by atoms with van der Waals surface area (Å²) in [6.45, 7) is 4.36. The predicted molar refractivity (Wildman–Crippen MR) is 248 cm³/mol. The highest BCUT2D eigenvalue weighted by atomic mass is 32.2. The average Bonchev–Trinajstić information content (AvgIpc) is 3.56. The van der Waals surface area contributed by atoms with Crippen LogP contribution in [0, 0.1) is 13.8 Å². The molecule has 2 heterocycles. The summed E-state index contributed by atoms with van der Waals surface area (Å²) in [4.78, 5) is 10.0. The monoisotopic (exact) mass is 790 g/mol. The first kappa shape index (κ1) is 34.6. The van der Waals surface area contributed by atoms with E-state index in [9.17, 15) is 0 Å². The summed E-state index contributed by atoms with van der Waals surface area (Å²) in [5.74, 6) is 0. The maximum Gasteiger partial charge on any atom is 0.0714 e. The molecule has 2 aliphatic heterocycles. The Morgan fingerprint density at radius 2 is 0.780 bits per heavy atom. The molecule has 59 heavy (non-hydrogen) atoms. The van der Waals surface area contributed by atoms with E-state index >= 15 is 0 Å². The van der Waals surface area contributed by atoms with Gasteiger partial charge < -0.3 is 9.80 Å². The second kappa shape index (κ2) is 13.3. The van der Waals surface area contributed by atoms with E-state index < -0.39 is 5.41 Å². The van der Waals surface area contributed by atoms with Crippen LogP contribution >= 0.6 is 23.5 Å². The van der Waals surface area contributed by atoms with Crippen LogP contribution in [-0.2, 0) is 5.41 Å². The molecule has 4 heteroatoms. The van der Waals surface area contributed by atoms with Crippen LogP contribution in [-0.4, -0.2) is 0 Å². The number of fused-ring (bicyclic) bond motifs is 8. The number of anilines is 6. The fourth-order valence-electron chi connectivity index (χ4n) is 9.81. The Bertz CT molecular complexity index is 3060. The molecule has 1 aliphatic carbocycles. The van der Waals surface area contributed by atoms with E-state index in [0.29, 0.717) is 0 Å². The van der Waals surface area contributed by atoms with Gasteiger partial charge in [-0.2, -0.15) is 0 Å². The van der Waals surface area contributed by atoms with Gasteiger partial charge >= 0.3 is 0 Å². The van der Waals surface area contributed by atoms with Crippen molar-refractivity contribution in [2.45, 2.75) is 38.8 Å². The Labute approximate surface area is 353 Å². The number of rotatable bonds is 4. The van der Waals surface area contributed by atoms with E-state index in [1.54, 1.807) is 0 Å². The molecule has 0 amide bonds. The van der Waals surface area contributed by atoms with E-state index in [2.05, 4.69) is 218 Å². The molecule has 0 N–H and O–H groups in total. The van der Waals surface area contributed by atoms with Crippen molar-refractivity contribution in [3.05, 3.63) is 228 Å². The van der Waals surface area contributed by atoms with Crippen molar-refractivity contribution < 1.29 is 0 Å². The maximum absolute atomic E-state index is 2.54. The Balaban J connectivity index is 1.12. The maximum atomic E-state index is 2.54. The Morgan fingerprint density at radius 3 is 1.32 bits per heavy atom. The first-order valence-corrected chi connectivity index (χ1v) is 21.9. The Hall–Kier alpha value is -6.46. The van der Waals surface area contributed by atoms with Crippen molar-refractivity contribution >= 4 is 68.4 Å². The molecule has 3 aliphatic rings. The Kier molecular flexibility index (Phi) is 7.78. The third-order valence-corrected chi connectivity index (χ3v) is 14.7. The van der Waals surface area contributed by atoms with Crippen molar-refractivity contribution in [1.82, 2.24) is 0 Å². The normalized spacial score (nSPS) is 14.2. The lowest BCUT2D eigenvalue weighted by molar-refractivity contribution is 0.766. The van der Waals surface area contributed by atoms with Crippen LogP contribution in [0.1, 0.15) is 33.4 Å². The van der Waals surface area contributed by atoms with Crippen LogP contribution in [0.5, 0.6) is 0 Å². The quantitative estimate of drug-likeness (QED) is 0.175. The molecular formula is C55H38N2S2. The minimum atomic E-state index is -0.505. The van der Waals surface area contributed by atoms with Crippen LogP contribution in [0.15, 0.2) is 214 Å². The number of hydrogen-bond acceptors (Lipinski definition) is 4. The smallest absolute Gasteiger partial charge is 0.0714 e. The van der Waals surface area contributed by atoms with Gasteiger partial charge in [0.15, 0.2) is 0 Å². The van der Waals surface area contributed by atoms with Crippen molar-refractivity contribution in [1.29, 1.82) is 0 Å². The molecular weight excluding hydrogens is 753 g/mol. The number of benzene rings is 9. The van der Waals surface area contributed by atoms with Crippen molar-refractivity contribution in [2.75, 3.05) is 9.80 Å². The summed E-state index contributed by atoms with van der Waals surface area (Å²) in [5.41, 5.74) is 17.0. The highest BCUT2D eigenvalue weighted by Crippen LogP contribution is 2.62. The molecule has 12 rings (SSSR count). The van der Waals surface area contributed by atoms with Gasteiger partial charge in [0.05, 0.1) is 39.5 Å². The molecule has 9 aromatic carbocycles. The van der Waals surface area contributed by atoms with Gasteiger partial charge in [-0.15, -0.1) is 0 Å². The summed E-state index contributed by atoms with van der Waals surface area (Å²) in [6.07, 6.45) is 0. The van der Waals surface area contributed by atoms with E-state index in [4.69, 9.17) is 0 Å². The van der Waals surface area contributed by atoms with Gasteiger partial charge in [0.25, 0.3) is 0 Å². The van der Waals surface area contributed by atoms with Crippen molar-refractivity contribution in [3.63, 3.8) is 0 Å². The Morgan fingerprint density at radius 1 is 0.339 bits per heavy atom. The third kappa shape index (κ3) is 5.10. The number of para-hydroxylation sites is 3. The summed E-state index contributed by atoms with van der Waals surface area (Å²) in [7, 11) is 0. The van der Waals surface area contributed by atoms with Crippen molar-refractivity contribution in [2.24, 2.45) is 0 Å². The highest BCUT2D eigenvalue weighted by Gasteiger charge is 2.47. The highest BCUT2D eigenvalue weighted by molar-refractivity contribution is 8.00. The molecule has 0 fully saturated rings. The molecule has 2 nitrogen and oxygen atoms in total. The van der Waals surface area contributed by atoms with E-state index in [1.807, 2.05) is 23.5 Å². The van der Waals surface area contributed by atoms with Gasteiger partial charge in [-0.3, -0.25) is 0 Å². The fraction of sp³-hybridized carbons (Fsp3) is 0.0545. The van der Waals surface area contributed by atoms with Crippen LogP contribution < -0.4 is 9.80 Å². The lowest BCUT2D eigenvalue weighted by Gasteiger charge is -2.37. The van der Waals surface area contributed by atoms with Gasteiger partial charge in [-0.1, -0.05) is 168 Å². The SMILES string of the molecule is Cc1ccc(C2(c3ccc(C)cc3)c3ccccc3-c3cc4c(cc32)N(c2cccc3c(N5c6ccccc6Sc6ccccc65)cccc23)c2ccccc2S4)cc1. The summed E-state index contributed by atoms with van der Waals surface area (Å²) in [5, 5.41) is 2.42. The van der Waals surface area contributed by atoms with Crippen LogP contribution in [0.4, 0.5) is 34.1 Å². The summed E-state index contributed by atoms with van der Waals surface area (Å²) < 4.78 is 0. The standard InChI is InChI=1S/C55H38N2S2/c1-35-25-29-37(30-26-35)55(38-31-27-36(2)28-32-38)43-16-4-3-13-39(43)42-33-54-50(34-44(42)55)57(49-19-7-10-24-53(49)59-54)46-21-12-14-40-41(46)15-11-20-45(40)56-47-17-5-8-22-51(47)58-52-23-9-6-18-48(52)56/h3-34H,1-2H3. The minimum Gasteiger partial charge on any atom is -0.308 e. The minimum absolute atomic E-state index is 0.505. The zero-order chi connectivity index (χ0) is 39.2. The summed E-state index contributed by atoms with van der Waals surface area (Å²) >= 11 is 3.73. The fourth-order valence-corrected chi connectivity index (χ4v) is 11.9. The number of aryl methyl sites for hydroxylation is 2. The number of nitrogens with zero attached hydrogens (tertiary/aromatic N) is 2. The third-order valence-electron chi connectivity index (χ3n) is 12.5. The van der Waals surface area contributed by atoms with Gasteiger partial charge in [-0.05, 0) is 108 Å². The predicted octanol–water partition coefficient (Wildman–Crippen LogP) is 15.7. The number of hydrogen-bond donors (Lipinski definition) is 0. The first-order valence-electron chi connectivity index (χ1n) is 20.3. The van der Waals surface area contributed by atoms with Gasteiger partial charge in [-0.25, -0.2) is 0 Å². The van der Waals surface area contributed by atoms with Crippen LogP contribution in [0.3, 0.4) is 0 Å². The van der Waals surface area contributed by atoms with Gasteiger partial charge in [0, 0.05) is 30.4 Å². The van der Waals surface area contributed by atoms with Gasteiger partial charge in [0.1, 0.15) is 0 Å². The van der Waals surface area contributed by atoms with E-state index in [-0.39, 0.29) is 0 Å². The molecule has 9 aromatic rings. The van der Waals surface area contributed by atoms with Crippen molar-refractivity contribution in [3.8, 4) is 11.1 Å². The zero-order valence-electron chi connectivity index (χ0n) is 32.7. The molecule has 0 atom stereocenters. The second-order valence-corrected chi connectivity index (χ2v) is 18.0. The molecule has 0 spiro atoms. The average molecular weight is 791 g/mol. The van der Waals surface area contributed by atoms with Crippen LogP contribution in [0.25, 0.3) is 21.9 Å². The summed E-state index contributed by atoms with van der Waals surface area (Å²) in [6, 6.07) is 72.8. The largest absolute Gasteiger partial charge is 0.308 e. The molecule has 0 saturated heterocycles. The lowest BCUT2D eigenvalue weighted by Crippen LogP contribution is -2.29. The van der Waals surface area contributed by atoms with E-state index in [1.165, 1.54) is 103 Å². The van der Waals surface area contributed by atoms with Gasteiger partial charge in [0.2, 0.25) is 0 Å². The lowest BCUT2D eigenvalue weighted by atomic mass is 9.67. The zero-order valence-corrected chi connectivity index (χ0v) is 34.3. The van der Waals surface area contributed by atoms with Crippen LogP contribution in [0.2, 0.25) is 0 Å². The molecule has 280 valence electrons. The molecule has 0 aromatic heterocycles. The molecule has 0 bridgehead atoms. The first-order chi connectivity index (χ1) is 29.1. The second-order valence-electron chi connectivity index (χ2n) is 15.8. The topological polar surface area (TPSA) is 6.48 Å². The molecule has 0 saturated carbocycles. The molecule has 0 radical (unpaired) electrons. The van der Waals surface area contributed by atoms with E-state index in [0.717, 1.165) is 5.69 Å². The molecule has 0 unspecified atom stereocenters.